The van der Waals surface area contributed by atoms with Gasteiger partial charge in [0.05, 0.1) is 16.8 Å². The summed E-state index contributed by atoms with van der Waals surface area (Å²) in [5, 5.41) is 0. The van der Waals surface area contributed by atoms with Crippen molar-refractivity contribution < 1.29 is 21.6 Å². The molecule has 0 atom stereocenters. The number of hydrogen-bond donors (Lipinski definition) is 0. The minimum atomic E-state index is -3.45. The highest BCUT2D eigenvalue weighted by Crippen LogP contribution is 2.20. The van der Waals surface area contributed by atoms with E-state index in [0.29, 0.717) is 31.5 Å². The second-order valence-electron chi connectivity index (χ2n) is 5.51. The van der Waals surface area contributed by atoms with Gasteiger partial charge in [-0.05, 0) is 30.5 Å². The van der Waals surface area contributed by atoms with Gasteiger partial charge in [0.1, 0.15) is 0 Å². The lowest BCUT2D eigenvalue weighted by atomic mass is 10.1. The molecule has 0 aromatic heterocycles. The van der Waals surface area contributed by atoms with Gasteiger partial charge >= 0.3 is 0 Å². The molecule has 8 heteroatoms. The number of ether oxygens (including phenoxy) is 1. The minimum Gasteiger partial charge on any atom is -0.381 e. The van der Waals surface area contributed by atoms with Gasteiger partial charge in [0.15, 0.2) is 9.84 Å². The smallest absolute Gasteiger partial charge is 0.218 e. The van der Waals surface area contributed by atoms with E-state index >= 15 is 0 Å². The number of nitrogens with zero attached hydrogens (tertiary/aromatic N) is 1. The zero-order chi connectivity index (χ0) is 16.4. The fourth-order valence-electron chi connectivity index (χ4n) is 2.51. The highest BCUT2D eigenvalue weighted by atomic mass is 32.2. The first-order valence-electron chi connectivity index (χ1n) is 7.02. The summed E-state index contributed by atoms with van der Waals surface area (Å²) in [5.41, 5.74) is 0.483. The molecule has 2 rings (SSSR count). The van der Waals surface area contributed by atoms with Crippen molar-refractivity contribution in [2.45, 2.75) is 29.6 Å². The van der Waals surface area contributed by atoms with Crippen molar-refractivity contribution >= 4 is 19.9 Å². The van der Waals surface area contributed by atoms with Gasteiger partial charge in [-0.15, -0.1) is 0 Å². The Kier molecular flexibility index (Phi) is 5.26. The third-order valence-electron chi connectivity index (χ3n) is 3.80. The lowest BCUT2D eigenvalue weighted by Gasteiger charge is -2.30. The molecule has 1 heterocycles. The van der Waals surface area contributed by atoms with E-state index in [2.05, 4.69) is 0 Å². The molecule has 1 fully saturated rings. The number of piperidine rings is 1. The molecule has 1 aromatic carbocycles. The SMILES string of the molecule is COC1CCN(S(=O)(=O)Cc2cccc(S(C)(=O)=O)c2)CC1. The average Bonchev–Trinajstić information content (AvgIpc) is 2.46. The molecule has 0 N–H and O–H groups in total. The predicted molar refractivity (Wildman–Crippen MR) is 83.8 cm³/mol. The van der Waals surface area contributed by atoms with Crippen LogP contribution in [0.4, 0.5) is 0 Å². The Balaban J connectivity index is 2.13. The number of sulfonamides is 1. The van der Waals surface area contributed by atoms with E-state index in [1.54, 1.807) is 19.2 Å². The maximum atomic E-state index is 12.4. The van der Waals surface area contributed by atoms with Gasteiger partial charge in [0.2, 0.25) is 10.0 Å². The van der Waals surface area contributed by atoms with E-state index in [-0.39, 0.29) is 16.8 Å². The molecule has 0 spiro atoms. The van der Waals surface area contributed by atoms with Crippen LogP contribution in [0, 0.1) is 0 Å². The van der Waals surface area contributed by atoms with Crippen molar-refractivity contribution in [2.75, 3.05) is 26.5 Å². The fraction of sp³-hybridized carbons (Fsp3) is 0.571. The summed E-state index contributed by atoms with van der Waals surface area (Å²) in [6.07, 6.45) is 2.58. The highest BCUT2D eigenvalue weighted by molar-refractivity contribution is 7.90. The molecule has 0 radical (unpaired) electrons. The third-order valence-corrected chi connectivity index (χ3v) is 6.76. The summed E-state index contributed by atoms with van der Waals surface area (Å²) in [4.78, 5) is 0.137. The van der Waals surface area contributed by atoms with Crippen LogP contribution in [0.5, 0.6) is 0 Å². The van der Waals surface area contributed by atoms with E-state index in [0.717, 1.165) is 6.26 Å². The zero-order valence-electron chi connectivity index (χ0n) is 12.7. The van der Waals surface area contributed by atoms with Gasteiger partial charge < -0.3 is 4.74 Å². The number of methoxy groups -OCH3 is 1. The molecule has 1 aliphatic heterocycles. The Morgan fingerprint density at radius 1 is 1.18 bits per heavy atom. The Bertz CT molecular complexity index is 719. The Labute approximate surface area is 132 Å². The Morgan fingerprint density at radius 3 is 2.36 bits per heavy atom. The summed E-state index contributed by atoms with van der Waals surface area (Å²) in [7, 11) is -5.16. The number of hydrogen-bond acceptors (Lipinski definition) is 5. The van der Waals surface area contributed by atoms with Crippen LogP contribution in [0.25, 0.3) is 0 Å². The van der Waals surface area contributed by atoms with Gasteiger partial charge in [-0.25, -0.2) is 21.1 Å². The lowest BCUT2D eigenvalue weighted by molar-refractivity contribution is 0.0604. The van der Waals surface area contributed by atoms with Crippen LogP contribution in [0.15, 0.2) is 29.2 Å². The molecule has 124 valence electrons. The third kappa shape index (κ3) is 4.28. The molecule has 6 nitrogen and oxygen atoms in total. The molecule has 1 aliphatic rings. The molecular weight excluding hydrogens is 326 g/mol. The van der Waals surface area contributed by atoms with Gasteiger partial charge in [-0.2, -0.15) is 0 Å². The van der Waals surface area contributed by atoms with E-state index in [9.17, 15) is 16.8 Å². The van der Waals surface area contributed by atoms with Crippen molar-refractivity contribution in [1.29, 1.82) is 0 Å². The van der Waals surface area contributed by atoms with Crippen LogP contribution in [0.3, 0.4) is 0 Å². The fourth-order valence-corrected chi connectivity index (χ4v) is 4.76. The highest BCUT2D eigenvalue weighted by Gasteiger charge is 2.28. The van der Waals surface area contributed by atoms with Crippen LogP contribution in [0.2, 0.25) is 0 Å². The van der Waals surface area contributed by atoms with Crippen LogP contribution in [0.1, 0.15) is 18.4 Å². The summed E-state index contributed by atoms with van der Waals surface area (Å²) >= 11 is 0. The van der Waals surface area contributed by atoms with Crippen LogP contribution in [-0.2, 0) is 30.4 Å². The zero-order valence-corrected chi connectivity index (χ0v) is 14.4. The van der Waals surface area contributed by atoms with Gasteiger partial charge in [0, 0.05) is 26.5 Å². The molecule has 0 saturated carbocycles. The molecule has 0 bridgehead atoms. The molecule has 0 aliphatic carbocycles. The molecule has 0 unspecified atom stereocenters. The van der Waals surface area contributed by atoms with Crippen molar-refractivity contribution in [1.82, 2.24) is 4.31 Å². The average molecular weight is 347 g/mol. The normalized spacial score (nSPS) is 18.5. The first-order valence-corrected chi connectivity index (χ1v) is 10.5. The van der Waals surface area contributed by atoms with Gasteiger partial charge in [0.25, 0.3) is 0 Å². The van der Waals surface area contributed by atoms with Crippen LogP contribution < -0.4 is 0 Å². The Hall–Kier alpha value is -0.960. The summed E-state index contributed by atoms with van der Waals surface area (Å²) in [6.45, 7) is 0.874. The second kappa shape index (κ2) is 6.66. The maximum absolute atomic E-state index is 12.4. The quantitative estimate of drug-likeness (QED) is 0.795. The summed E-state index contributed by atoms with van der Waals surface area (Å²) < 4.78 is 54.7. The maximum Gasteiger partial charge on any atom is 0.218 e. The van der Waals surface area contributed by atoms with E-state index < -0.39 is 19.9 Å². The van der Waals surface area contributed by atoms with Crippen LogP contribution >= 0.6 is 0 Å². The summed E-state index contributed by atoms with van der Waals surface area (Å²) in [6, 6.07) is 6.09. The van der Waals surface area contributed by atoms with Crippen molar-refractivity contribution in [3.8, 4) is 0 Å². The van der Waals surface area contributed by atoms with Crippen molar-refractivity contribution in [3.63, 3.8) is 0 Å². The topological polar surface area (TPSA) is 80.8 Å². The number of rotatable bonds is 5. The molecular formula is C14H21NO5S2. The van der Waals surface area contributed by atoms with Crippen LogP contribution in [-0.4, -0.2) is 53.7 Å². The molecule has 1 saturated heterocycles. The minimum absolute atomic E-state index is 0.111. The molecule has 1 aromatic rings. The lowest BCUT2D eigenvalue weighted by Crippen LogP contribution is -2.41. The molecule has 0 amide bonds. The second-order valence-corrected chi connectivity index (χ2v) is 9.49. The van der Waals surface area contributed by atoms with Crippen molar-refractivity contribution in [2.24, 2.45) is 0 Å². The largest absolute Gasteiger partial charge is 0.381 e. The molecule has 22 heavy (non-hydrogen) atoms. The standard InChI is InChI=1S/C14H21NO5S2/c1-20-13-6-8-15(9-7-13)22(18,19)11-12-4-3-5-14(10-12)21(2,16)17/h3-5,10,13H,6-9,11H2,1-2H3. The first-order chi connectivity index (χ1) is 10.2. The number of benzene rings is 1. The van der Waals surface area contributed by atoms with E-state index in [4.69, 9.17) is 4.74 Å². The number of sulfone groups is 1. The predicted octanol–water partition coefficient (Wildman–Crippen LogP) is 1.03. The van der Waals surface area contributed by atoms with Gasteiger partial charge in [-0.3, -0.25) is 0 Å². The van der Waals surface area contributed by atoms with E-state index in [1.165, 1.54) is 16.4 Å². The van der Waals surface area contributed by atoms with E-state index in [1.807, 2.05) is 0 Å². The summed E-state index contributed by atoms with van der Waals surface area (Å²) in [5.74, 6) is -0.186. The first kappa shape index (κ1) is 17.4. The van der Waals surface area contributed by atoms with Crippen molar-refractivity contribution in [3.05, 3.63) is 29.8 Å². The monoisotopic (exact) mass is 347 g/mol. The van der Waals surface area contributed by atoms with Gasteiger partial charge in [-0.1, -0.05) is 12.1 Å². The Morgan fingerprint density at radius 2 is 1.82 bits per heavy atom.